The van der Waals surface area contributed by atoms with E-state index in [2.05, 4.69) is 61.4 Å². The Labute approximate surface area is 234 Å². The maximum absolute atomic E-state index is 12.9. The maximum Gasteiger partial charge on any atom is 0.235 e. The third-order valence-corrected chi connectivity index (χ3v) is 9.39. The maximum atomic E-state index is 12.9. The van der Waals surface area contributed by atoms with Crippen molar-refractivity contribution in [3.8, 4) is 11.8 Å². The summed E-state index contributed by atoms with van der Waals surface area (Å²) in [6, 6.07) is 10.4. The fourth-order valence-electron chi connectivity index (χ4n) is 4.89. The Morgan fingerprint density at radius 2 is 2.03 bits per heavy atom. The topological polar surface area (TPSA) is 92.8 Å². The number of anilines is 1. The fourth-order valence-corrected chi connectivity index (χ4v) is 6.99. The fraction of sp³-hybridized carbons (Fsp3) is 0.517. The molecule has 7 nitrogen and oxygen atoms in total. The lowest BCUT2D eigenvalue weighted by molar-refractivity contribution is -0.113. The van der Waals surface area contributed by atoms with Crippen molar-refractivity contribution in [2.45, 2.75) is 85.0 Å². The van der Waals surface area contributed by atoms with E-state index in [1.807, 2.05) is 30.5 Å². The molecule has 0 fully saturated rings. The van der Waals surface area contributed by atoms with Crippen LogP contribution in [0.3, 0.4) is 0 Å². The predicted octanol–water partition coefficient (Wildman–Crippen LogP) is 6.82. The molecule has 9 heteroatoms. The molecular weight excluding hydrogens is 514 g/mol. The first-order chi connectivity index (χ1) is 18.1. The number of hydrogen-bond acceptors (Lipinski definition) is 7. The van der Waals surface area contributed by atoms with Crippen LogP contribution in [-0.4, -0.2) is 26.4 Å². The first-order valence-electron chi connectivity index (χ1n) is 13.3. The SMILES string of the molecule is CCc1ccc(OC(C)c2nnc(SCC(=O)Nc3sc4c(c3C#N)CCC(C(C)(C)C)C4)n2CC)cc1. The predicted molar refractivity (Wildman–Crippen MR) is 154 cm³/mol. The summed E-state index contributed by atoms with van der Waals surface area (Å²) >= 11 is 2.91. The average Bonchev–Trinajstić information content (AvgIpc) is 3.47. The highest BCUT2D eigenvalue weighted by atomic mass is 32.2. The molecule has 4 rings (SSSR count). The summed E-state index contributed by atoms with van der Waals surface area (Å²) in [5.41, 5.74) is 3.24. The molecule has 0 aliphatic heterocycles. The summed E-state index contributed by atoms with van der Waals surface area (Å²) in [4.78, 5) is 14.1. The molecule has 2 heterocycles. The van der Waals surface area contributed by atoms with Crippen LogP contribution < -0.4 is 10.1 Å². The van der Waals surface area contributed by atoms with Gasteiger partial charge in [0.25, 0.3) is 0 Å². The highest BCUT2D eigenvalue weighted by Crippen LogP contribution is 2.44. The van der Waals surface area contributed by atoms with Crippen LogP contribution in [0.25, 0.3) is 0 Å². The normalized spacial score (nSPS) is 16.0. The van der Waals surface area contributed by atoms with Crippen molar-refractivity contribution in [1.29, 1.82) is 5.26 Å². The second-order valence-electron chi connectivity index (χ2n) is 10.8. The quantitative estimate of drug-likeness (QED) is 0.294. The summed E-state index contributed by atoms with van der Waals surface area (Å²) in [5.74, 6) is 2.13. The van der Waals surface area contributed by atoms with Crippen molar-refractivity contribution in [2.75, 3.05) is 11.1 Å². The number of rotatable bonds is 9. The van der Waals surface area contributed by atoms with Crippen LogP contribution in [0.5, 0.6) is 5.75 Å². The molecule has 2 atom stereocenters. The minimum Gasteiger partial charge on any atom is -0.483 e. The van der Waals surface area contributed by atoms with Gasteiger partial charge in [0.2, 0.25) is 5.91 Å². The van der Waals surface area contributed by atoms with Crippen molar-refractivity contribution >= 4 is 34.0 Å². The Morgan fingerprint density at radius 3 is 2.66 bits per heavy atom. The van der Waals surface area contributed by atoms with Gasteiger partial charge in [0.1, 0.15) is 16.8 Å². The number of aromatic nitrogens is 3. The van der Waals surface area contributed by atoms with Gasteiger partial charge in [-0.15, -0.1) is 21.5 Å². The number of nitrogens with zero attached hydrogens (tertiary/aromatic N) is 4. The minimum absolute atomic E-state index is 0.148. The molecule has 38 heavy (non-hydrogen) atoms. The molecular formula is C29H37N5O2S2. The smallest absolute Gasteiger partial charge is 0.235 e. The van der Waals surface area contributed by atoms with Crippen LogP contribution in [-0.2, 0) is 30.6 Å². The van der Waals surface area contributed by atoms with Gasteiger partial charge in [-0.1, -0.05) is 51.6 Å². The molecule has 1 aliphatic carbocycles. The monoisotopic (exact) mass is 551 g/mol. The molecule has 1 aromatic carbocycles. The number of nitrogens with one attached hydrogen (secondary N) is 1. The van der Waals surface area contributed by atoms with Crippen LogP contribution >= 0.6 is 23.1 Å². The third kappa shape index (κ3) is 6.24. The summed E-state index contributed by atoms with van der Waals surface area (Å²) in [6.45, 7) is 13.6. The zero-order valence-corrected chi connectivity index (χ0v) is 24.8. The van der Waals surface area contributed by atoms with E-state index < -0.39 is 0 Å². The average molecular weight is 552 g/mol. The number of thiophene rings is 1. The van der Waals surface area contributed by atoms with Crippen molar-refractivity contribution in [3.05, 3.63) is 51.7 Å². The minimum atomic E-state index is -0.286. The number of amides is 1. The van der Waals surface area contributed by atoms with Gasteiger partial charge in [-0.05, 0) is 74.1 Å². The van der Waals surface area contributed by atoms with Crippen molar-refractivity contribution in [2.24, 2.45) is 11.3 Å². The molecule has 0 radical (unpaired) electrons. The molecule has 2 aromatic heterocycles. The molecule has 1 N–H and O–H groups in total. The summed E-state index contributed by atoms with van der Waals surface area (Å²) < 4.78 is 8.10. The van der Waals surface area contributed by atoms with E-state index in [9.17, 15) is 10.1 Å². The van der Waals surface area contributed by atoms with Crippen LogP contribution in [0.2, 0.25) is 0 Å². The number of carbonyl (C=O) groups is 1. The van der Waals surface area contributed by atoms with E-state index >= 15 is 0 Å². The number of nitriles is 1. The van der Waals surface area contributed by atoms with Crippen LogP contribution in [0, 0.1) is 22.7 Å². The summed E-state index contributed by atoms with van der Waals surface area (Å²) in [5, 5.41) is 22.9. The lowest BCUT2D eigenvalue weighted by Gasteiger charge is -2.33. The van der Waals surface area contributed by atoms with E-state index in [1.165, 1.54) is 22.2 Å². The summed E-state index contributed by atoms with van der Waals surface area (Å²) in [7, 11) is 0. The zero-order chi connectivity index (χ0) is 27.4. The molecule has 0 saturated carbocycles. The van der Waals surface area contributed by atoms with Gasteiger partial charge >= 0.3 is 0 Å². The van der Waals surface area contributed by atoms with Gasteiger partial charge < -0.3 is 14.6 Å². The molecule has 0 bridgehead atoms. The number of hydrogen-bond donors (Lipinski definition) is 1. The second-order valence-corrected chi connectivity index (χ2v) is 12.9. The second kappa shape index (κ2) is 11.9. The van der Waals surface area contributed by atoms with Gasteiger partial charge in [0.05, 0.1) is 11.3 Å². The summed E-state index contributed by atoms with van der Waals surface area (Å²) in [6.07, 6.45) is 3.64. The number of fused-ring (bicyclic) bond motifs is 1. The molecule has 202 valence electrons. The number of benzene rings is 1. The standard InChI is InChI=1S/C29H37N5O2S2/c1-7-19-9-12-21(13-10-19)36-18(3)26-32-33-28(34(26)8-2)37-17-25(35)31-27-23(16-30)22-14-11-20(29(4,5)6)15-24(22)38-27/h9-10,12-13,18,20H,7-8,11,14-15,17H2,1-6H3,(H,31,35). The Bertz CT molecular complexity index is 1310. The Balaban J connectivity index is 1.40. The lowest BCUT2D eigenvalue weighted by Crippen LogP contribution is -2.26. The molecule has 0 spiro atoms. The zero-order valence-electron chi connectivity index (χ0n) is 23.1. The van der Waals surface area contributed by atoms with E-state index in [-0.39, 0.29) is 23.2 Å². The van der Waals surface area contributed by atoms with Gasteiger partial charge in [-0.25, -0.2) is 0 Å². The van der Waals surface area contributed by atoms with E-state index in [0.717, 1.165) is 42.8 Å². The highest BCUT2D eigenvalue weighted by molar-refractivity contribution is 7.99. The number of thioether (sulfide) groups is 1. The van der Waals surface area contributed by atoms with Gasteiger partial charge in [0, 0.05) is 11.4 Å². The highest BCUT2D eigenvalue weighted by Gasteiger charge is 2.32. The molecule has 0 saturated heterocycles. The Morgan fingerprint density at radius 1 is 1.29 bits per heavy atom. The number of aryl methyl sites for hydroxylation is 1. The van der Waals surface area contributed by atoms with E-state index in [0.29, 0.717) is 28.2 Å². The van der Waals surface area contributed by atoms with Crippen molar-refractivity contribution in [1.82, 2.24) is 14.8 Å². The number of ether oxygens (including phenoxy) is 1. The van der Waals surface area contributed by atoms with Gasteiger partial charge in [-0.2, -0.15) is 5.26 Å². The van der Waals surface area contributed by atoms with Crippen LogP contribution in [0.15, 0.2) is 29.4 Å². The van der Waals surface area contributed by atoms with Crippen molar-refractivity contribution < 1.29 is 9.53 Å². The van der Waals surface area contributed by atoms with Crippen LogP contribution in [0.1, 0.15) is 81.5 Å². The lowest BCUT2D eigenvalue weighted by atomic mass is 9.72. The van der Waals surface area contributed by atoms with Gasteiger partial charge in [-0.3, -0.25) is 4.79 Å². The van der Waals surface area contributed by atoms with Crippen LogP contribution in [0.4, 0.5) is 5.00 Å². The first kappa shape index (κ1) is 28.2. The Hall–Kier alpha value is -2.83. The molecule has 1 amide bonds. The molecule has 1 aliphatic rings. The molecule has 3 aromatic rings. The third-order valence-electron chi connectivity index (χ3n) is 7.26. The van der Waals surface area contributed by atoms with E-state index in [1.54, 1.807) is 11.3 Å². The van der Waals surface area contributed by atoms with Gasteiger partial charge in [0.15, 0.2) is 17.1 Å². The molecule has 2 unspecified atom stereocenters. The first-order valence-corrected chi connectivity index (χ1v) is 15.1. The van der Waals surface area contributed by atoms with E-state index in [4.69, 9.17) is 4.74 Å². The largest absolute Gasteiger partial charge is 0.483 e. The Kier molecular flexibility index (Phi) is 8.84. The van der Waals surface area contributed by atoms with Crippen molar-refractivity contribution in [3.63, 3.8) is 0 Å². The number of carbonyl (C=O) groups excluding carboxylic acids is 1.